The number of aryl methyl sites for hydroxylation is 1. The fourth-order valence-corrected chi connectivity index (χ4v) is 2.70. The molecule has 0 saturated carbocycles. The van der Waals surface area contributed by atoms with Gasteiger partial charge in [-0.1, -0.05) is 0 Å². The van der Waals surface area contributed by atoms with Crippen LogP contribution in [0.3, 0.4) is 0 Å². The summed E-state index contributed by atoms with van der Waals surface area (Å²) in [6, 6.07) is 1.97. The molecule has 0 aliphatic carbocycles. The van der Waals surface area contributed by atoms with Crippen molar-refractivity contribution in [2.75, 3.05) is 44.2 Å². The van der Waals surface area contributed by atoms with E-state index in [-0.39, 0.29) is 6.61 Å². The summed E-state index contributed by atoms with van der Waals surface area (Å²) in [5.74, 6) is 1.77. The summed E-state index contributed by atoms with van der Waals surface area (Å²) in [4.78, 5) is 13.3. The van der Waals surface area contributed by atoms with E-state index in [2.05, 4.69) is 35.7 Å². The fourth-order valence-electron chi connectivity index (χ4n) is 2.24. The van der Waals surface area contributed by atoms with Gasteiger partial charge in [-0.05, 0) is 35.8 Å². The van der Waals surface area contributed by atoms with Gasteiger partial charge < -0.3 is 10.0 Å². The third kappa shape index (κ3) is 3.63. The number of aromatic nitrogens is 2. The Morgan fingerprint density at radius 3 is 2.83 bits per heavy atom. The van der Waals surface area contributed by atoms with Crippen molar-refractivity contribution in [3.63, 3.8) is 0 Å². The summed E-state index contributed by atoms with van der Waals surface area (Å²) in [5.41, 5.74) is 0. The highest BCUT2D eigenvalue weighted by Crippen LogP contribution is 2.18. The van der Waals surface area contributed by atoms with Crippen LogP contribution in [0.2, 0.25) is 0 Å². The van der Waals surface area contributed by atoms with Crippen LogP contribution in [0.4, 0.5) is 5.82 Å². The minimum Gasteiger partial charge on any atom is -0.395 e. The summed E-state index contributed by atoms with van der Waals surface area (Å²) < 4.78 is 0.835. The number of hydrogen-bond acceptors (Lipinski definition) is 5. The van der Waals surface area contributed by atoms with Crippen LogP contribution in [-0.2, 0) is 0 Å². The predicted molar refractivity (Wildman–Crippen MR) is 74.8 cm³/mol. The molecule has 1 aromatic heterocycles. The molecule has 1 aromatic rings. The normalized spacial score (nSPS) is 17.8. The number of aliphatic hydroxyl groups excluding tert-OH is 1. The van der Waals surface area contributed by atoms with E-state index < -0.39 is 0 Å². The first-order valence-electron chi connectivity index (χ1n) is 6.28. The lowest BCUT2D eigenvalue weighted by atomic mass is 10.3. The summed E-state index contributed by atoms with van der Waals surface area (Å²) in [5, 5.41) is 8.98. The summed E-state index contributed by atoms with van der Waals surface area (Å²) in [6.45, 7) is 6.87. The Bertz CT molecular complexity index is 381. The predicted octanol–water partition coefficient (Wildman–Crippen LogP) is 1.05. The molecule has 0 radical (unpaired) electrons. The number of halogens is 1. The lowest BCUT2D eigenvalue weighted by molar-refractivity contribution is 0.204. The highest BCUT2D eigenvalue weighted by molar-refractivity contribution is 9.10. The van der Waals surface area contributed by atoms with Crippen LogP contribution in [0.1, 0.15) is 12.2 Å². The van der Waals surface area contributed by atoms with E-state index >= 15 is 0 Å². The average molecular weight is 315 g/mol. The molecule has 2 heterocycles. The van der Waals surface area contributed by atoms with Crippen LogP contribution >= 0.6 is 15.9 Å². The van der Waals surface area contributed by atoms with Gasteiger partial charge in [-0.3, -0.25) is 4.90 Å². The highest BCUT2D eigenvalue weighted by atomic mass is 79.9. The van der Waals surface area contributed by atoms with E-state index in [0.717, 1.165) is 55.4 Å². The van der Waals surface area contributed by atoms with E-state index in [1.54, 1.807) is 0 Å². The molecule has 100 valence electrons. The second kappa shape index (κ2) is 6.45. The monoisotopic (exact) mass is 314 g/mol. The van der Waals surface area contributed by atoms with Crippen molar-refractivity contribution in [1.82, 2.24) is 14.9 Å². The van der Waals surface area contributed by atoms with Gasteiger partial charge >= 0.3 is 0 Å². The topological polar surface area (TPSA) is 52.5 Å². The summed E-state index contributed by atoms with van der Waals surface area (Å²) in [6.07, 6.45) is 1.10. The van der Waals surface area contributed by atoms with Crippen molar-refractivity contribution in [3.8, 4) is 0 Å². The van der Waals surface area contributed by atoms with E-state index in [1.807, 2.05) is 13.0 Å². The smallest absolute Gasteiger partial charge is 0.133 e. The van der Waals surface area contributed by atoms with E-state index in [9.17, 15) is 0 Å². The van der Waals surface area contributed by atoms with Gasteiger partial charge in [-0.15, -0.1) is 0 Å². The molecule has 0 spiro atoms. The lowest BCUT2D eigenvalue weighted by Gasteiger charge is -2.22. The number of anilines is 1. The van der Waals surface area contributed by atoms with E-state index in [0.29, 0.717) is 0 Å². The molecule has 6 heteroatoms. The fraction of sp³-hybridized carbons (Fsp3) is 0.667. The van der Waals surface area contributed by atoms with Gasteiger partial charge in [0, 0.05) is 32.2 Å². The molecule has 0 amide bonds. The third-order valence-corrected chi connectivity index (χ3v) is 3.53. The first kappa shape index (κ1) is 13.7. The summed E-state index contributed by atoms with van der Waals surface area (Å²) in [7, 11) is 0. The Morgan fingerprint density at radius 2 is 2.11 bits per heavy atom. The van der Waals surface area contributed by atoms with Crippen LogP contribution in [0.15, 0.2) is 10.7 Å². The van der Waals surface area contributed by atoms with Gasteiger partial charge in [-0.2, -0.15) is 0 Å². The third-order valence-electron chi connectivity index (χ3n) is 3.12. The van der Waals surface area contributed by atoms with Crippen molar-refractivity contribution < 1.29 is 5.11 Å². The second-order valence-electron chi connectivity index (χ2n) is 4.50. The molecule has 2 rings (SSSR count). The maximum absolute atomic E-state index is 8.98. The molecule has 0 aromatic carbocycles. The number of hydrogen-bond donors (Lipinski definition) is 1. The maximum atomic E-state index is 8.98. The molecule has 18 heavy (non-hydrogen) atoms. The number of aliphatic hydroxyl groups is 1. The van der Waals surface area contributed by atoms with Crippen LogP contribution in [0, 0.1) is 6.92 Å². The van der Waals surface area contributed by atoms with Gasteiger partial charge in [0.25, 0.3) is 0 Å². The number of β-amino-alcohol motifs (C(OH)–C–C–N with tert-alkyl or cyclic N) is 1. The molecule has 0 atom stereocenters. The zero-order chi connectivity index (χ0) is 13.0. The van der Waals surface area contributed by atoms with E-state index in [4.69, 9.17) is 5.11 Å². The van der Waals surface area contributed by atoms with Crippen LogP contribution in [-0.4, -0.2) is 59.3 Å². The van der Waals surface area contributed by atoms with Gasteiger partial charge in [-0.25, -0.2) is 9.97 Å². The van der Waals surface area contributed by atoms with Crippen molar-refractivity contribution in [2.24, 2.45) is 0 Å². The van der Waals surface area contributed by atoms with Crippen LogP contribution < -0.4 is 4.90 Å². The SMILES string of the molecule is Cc1nc(Br)cc(N2CCCN(CCO)CC2)n1. The zero-order valence-corrected chi connectivity index (χ0v) is 12.2. The van der Waals surface area contributed by atoms with Crippen LogP contribution in [0.5, 0.6) is 0 Å². The van der Waals surface area contributed by atoms with Gasteiger partial charge in [0.05, 0.1) is 6.61 Å². The molecule has 1 saturated heterocycles. The van der Waals surface area contributed by atoms with Gasteiger partial charge in [0.2, 0.25) is 0 Å². The lowest BCUT2D eigenvalue weighted by Crippen LogP contribution is -2.32. The van der Waals surface area contributed by atoms with Gasteiger partial charge in [0.1, 0.15) is 16.2 Å². The Morgan fingerprint density at radius 1 is 1.28 bits per heavy atom. The first-order chi connectivity index (χ1) is 8.69. The average Bonchev–Trinajstić information content (AvgIpc) is 2.54. The van der Waals surface area contributed by atoms with Crippen molar-refractivity contribution in [2.45, 2.75) is 13.3 Å². The molecule has 1 fully saturated rings. The van der Waals surface area contributed by atoms with Crippen molar-refractivity contribution in [3.05, 3.63) is 16.5 Å². The number of rotatable bonds is 3. The molecule has 1 N–H and O–H groups in total. The molecule has 0 unspecified atom stereocenters. The van der Waals surface area contributed by atoms with Gasteiger partial charge in [0.15, 0.2) is 0 Å². The molecule has 5 nitrogen and oxygen atoms in total. The quantitative estimate of drug-likeness (QED) is 0.845. The standard InChI is InChI=1S/C12H19BrN4O/c1-10-14-11(13)9-12(15-10)17-4-2-3-16(5-6-17)7-8-18/h9,18H,2-8H2,1H3. The van der Waals surface area contributed by atoms with Crippen molar-refractivity contribution in [1.29, 1.82) is 0 Å². The molecular weight excluding hydrogens is 296 g/mol. The molecule has 1 aliphatic heterocycles. The minimum atomic E-state index is 0.234. The Labute approximate surface area is 116 Å². The largest absolute Gasteiger partial charge is 0.395 e. The number of nitrogens with zero attached hydrogens (tertiary/aromatic N) is 4. The molecule has 0 bridgehead atoms. The zero-order valence-electron chi connectivity index (χ0n) is 10.6. The minimum absolute atomic E-state index is 0.234. The Hall–Kier alpha value is -0.720. The Kier molecular flexibility index (Phi) is 4.91. The maximum Gasteiger partial charge on any atom is 0.133 e. The molecular formula is C12H19BrN4O. The van der Waals surface area contributed by atoms with Crippen molar-refractivity contribution >= 4 is 21.7 Å². The molecule has 1 aliphatic rings. The summed E-state index contributed by atoms with van der Waals surface area (Å²) >= 11 is 3.41. The first-order valence-corrected chi connectivity index (χ1v) is 7.07. The Balaban J connectivity index is 2.05. The highest BCUT2D eigenvalue weighted by Gasteiger charge is 2.16. The van der Waals surface area contributed by atoms with Crippen LogP contribution in [0.25, 0.3) is 0 Å². The second-order valence-corrected chi connectivity index (χ2v) is 5.31. The van der Waals surface area contributed by atoms with E-state index in [1.165, 1.54) is 0 Å².